The second-order valence-corrected chi connectivity index (χ2v) is 7.93. The van der Waals surface area contributed by atoms with E-state index in [4.69, 9.17) is 9.72 Å². The summed E-state index contributed by atoms with van der Waals surface area (Å²) in [6.45, 7) is 4.72. The summed E-state index contributed by atoms with van der Waals surface area (Å²) in [4.78, 5) is 8.21. The molecule has 0 unspecified atom stereocenters. The molecule has 3 aromatic heterocycles. The van der Waals surface area contributed by atoms with E-state index in [1.165, 1.54) is 9.75 Å². The summed E-state index contributed by atoms with van der Waals surface area (Å²) in [5, 5.41) is 11.5. The Bertz CT molecular complexity index is 1080. The van der Waals surface area contributed by atoms with Gasteiger partial charge in [-0.15, -0.1) is 22.7 Å². The van der Waals surface area contributed by atoms with E-state index < -0.39 is 0 Å². The Hall–Kier alpha value is -2.62. The minimum absolute atomic E-state index is 0.318. The average Bonchev–Trinajstić information content (AvgIpc) is 3.33. The molecule has 1 aromatic carbocycles. The predicted octanol–water partition coefficient (Wildman–Crippen LogP) is 5.56. The number of hydrogen-bond donors (Lipinski definition) is 0. The van der Waals surface area contributed by atoms with Gasteiger partial charge in [0.1, 0.15) is 5.75 Å². The van der Waals surface area contributed by atoms with E-state index in [1.807, 2.05) is 31.2 Å². The highest BCUT2D eigenvalue weighted by atomic mass is 32.1. The van der Waals surface area contributed by atoms with Crippen molar-refractivity contribution in [3.05, 3.63) is 52.3 Å². The first kappa shape index (κ1) is 16.8. The number of nitrogens with zero attached hydrogens (tertiary/aromatic N) is 3. The third kappa shape index (κ3) is 2.79. The molecular formula is C20H17N3OS2. The van der Waals surface area contributed by atoms with E-state index >= 15 is 0 Å². The lowest BCUT2D eigenvalue weighted by Gasteiger charge is -2.06. The monoisotopic (exact) mass is 379 g/mol. The second kappa shape index (κ2) is 6.94. The summed E-state index contributed by atoms with van der Waals surface area (Å²) in [5.74, 6) is 0.842. The van der Waals surface area contributed by atoms with Crippen LogP contribution in [0.5, 0.6) is 5.75 Å². The van der Waals surface area contributed by atoms with Crippen molar-refractivity contribution in [3.8, 4) is 33.6 Å². The van der Waals surface area contributed by atoms with Crippen molar-refractivity contribution >= 4 is 27.6 Å². The molecule has 6 heteroatoms. The minimum Gasteiger partial charge on any atom is -0.494 e. The van der Waals surface area contributed by atoms with Crippen LogP contribution in [-0.2, 0) is 6.42 Å². The molecule has 0 bridgehead atoms. The number of nitriles is 1. The van der Waals surface area contributed by atoms with Gasteiger partial charge in [0.25, 0.3) is 0 Å². The Morgan fingerprint density at radius 2 is 2.04 bits per heavy atom. The van der Waals surface area contributed by atoms with Gasteiger partial charge in [-0.2, -0.15) is 5.26 Å². The van der Waals surface area contributed by atoms with Gasteiger partial charge in [-0.05, 0) is 49.6 Å². The van der Waals surface area contributed by atoms with Gasteiger partial charge in [-0.3, -0.25) is 4.40 Å². The normalized spacial score (nSPS) is 11.0. The molecule has 130 valence electrons. The highest BCUT2D eigenvalue weighted by Gasteiger charge is 2.21. The van der Waals surface area contributed by atoms with Crippen LogP contribution in [0.4, 0.5) is 0 Å². The van der Waals surface area contributed by atoms with Crippen molar-refractivity contribution in [2.75, 3.05) is 6.61 Å². The molecule has 0 aliphatic rings. The molecule has 3 heterocycles. The zero-order valence-corrected chi connectivity index (χ0v) is 16.2. The molecule has 0 fully saturated rings. The maximum atomic E-state index is 9.41. The molecule has 0 N–H and O–H groups in total. The molecule has 0 saturated carbocycles. The molecule has 0 aliphatic heterocycles. The second-order valence-electron chi connectivity index (χ2n) is 5.80. The number of aryl methyl sites for hydroxylation is 1. The number of thiophene rings is 1. The largest absolute Gasteiger partial charge is 0.494 e. The highest BCUT2D eigenvalue weighted by molar-refractivity contribution is 7.18. The van der Waals surface area contributed by atoms with Gasteiger partial charge in [-0.1, -0.05) is 6.07 Å². The number of rotatable bonds is 5. The van der Waals surface area contributed by atoms with Crippen LogP contribution >= 0.6 is 22.7 Å². The van der Waals surface area contributed by atoms with Gasteiger partial charge in [0, 0.05) is 10.4 Å². The number of hydrogen-bond acceptors (Lipinski definition) is 5. The number of aromatic nitrogens is 2. The summed E-state index contributed by atoms with van der Waals surface area (Å²) in [7, 11) is 0. The van der Waals surface area contributed by atoms with E-state index in [0.717, 1.165) is 33.4 Å². The topological polar surface area (TPSA) is 50.3 Å². The van der Waals surface area contributed by atoms with Crippen LogP contribution < -0.4 is 4.74 Å². The van der Waals surface area contributed by atoms with Gasteiger partial charge < -0.3 is 4.74 Å². The molecular weight excluding hydrogens is 362 g/mol. The molecule has 0 saturated heterocycles. The molecule has 0 atom stereocenters. The molecule has 0 aliphatic carbocycles. The standard InChI is InChI=1S/C20H17N3OS2/c1-3-24-15-8-6-14(7-9-15)18-16(10-11-21)23-19(17-5-4-12-25-17)13(2)26-20(23)22-18/h4-9,12H,3,10H2,1-2H3. The lowest BCUT2D eigenvalue weighted by Crippen LogP contribution is -1.96. The van der Waals surface area contributed by atoms with Crippen molar-refractivity contribution < 1.29 is 4.74 Å². The van der Waals surface area contributed by atoms with Gasteiger partial charge in [0.2, 0.25) is 0 Å². The lowest BCUT2D eigenvalue weighted by molar-refractivity contribution is 0.340. The van der Waals surface area contributed by atoms with Gasteiger partial charge >= 0.3 is 0 Å². The van der Waals surface area contributed by atoms with Crippen LogP contribution in [0.1, 0.15) is 17.5 Å². The third-order valence-electron chi connectivity index (χ3n) is 4.18. The Kier molecular flexibility index (Phi) is 4.49. The Morgan fingerprint density at radius 3 is 2.69 bits per heavy atom. The smallest absolute Gasteiger partial charge is 0.195 e. The first-order valence-corrected chi connectivity index (χ1v) is 10.1. The molecule has 0 radical (unpaired) electrons. The van der Waals surface area contributed by atoms with E-state index in [1.54, 1.807) is 22.7 Å². The fraction of sp³-hybridized carbons (Fsp3) is 0.200. The summed E-state index contributed by atoms with van der Waals surface area (Å²) in [5.41, 5.74) is 3.97. The number of thiazole rings is 1. The van der Waals surface area contributed by atoms with E-state index in [2.05, 4.69) is 34.9 Å². The Balaban J connectivity index is 1.91. The quantitative estimate of drug-likeness (QED) is 0.456. The molecule has 4 rings (SSSR count). The number of ether oxygens (including phenoxy) is 1. The highest BCUT2D eigenvalue weighted by Crippen LogP contribution is 2.38. The van der Waals surface area contributed by atoms with Crippen LogP contribution in [0, 0.1) is 18.3 Å². The Morgan fingerprint density at radius 1 is 1.23 bits per heavy atom. The zero-order chi connectivity index (χ0) is 18.1. The maximum absolute atomic E-state index is 9.41. The van der Waals surface area contributed by atoms with Crippen LogP contribution in [0.15, 0.2) is 41.8 Å². The lowest BCUT2D eigenvalue weighted by atomic mass is 10.1. The van der Waals surface area contributed by atoms with Crippen molar-refractivity contribution in [1.82, 2.24) is 9.38 Å². The maximum Gasteiger partial charge on any atom is 0.195 e. The van der Waals surface area contributed by atoms with Gasteiger partial charge in [0.05, 0.1) is 41.1 Å². The van der Waals surface area contributed by atoms with Crippen molar-refractivity contribution in [2.45, 2.75) is 20.3 Å². The average molecular weight is 380 g/mol. The molecule has 0 amide bonds. The van der Waals surface area contributed by atoms with Crippen LogP contribution in [0.3, 0.4) is 0 Å². The fourth-order valence-electron chi connectivity index (χ4n) is 3.11. The number of fused-ring (bicyclic) bond motifs is 1. The third-order valence-corrected chi connectivity index (χ3v) is 6.02. The molecule has 4 nitrogen and oxygen atoms in total. The van der Waals surface area contributed by atoms with Crippen molar-refractivity contribution in [3.63, 3.8) is 0 Å². The van der Waals surface area contributed by atoms with Gasteiger partial charge in [0.15, 0.2) is 4.96 Å². The van der Waals surface area contributed by atoms with Crippen LogP contribution in [-0.4, -0.2) is 16.0 Å². The molecule has 0 spiro atoms. The first-order valence-electron chi connectivity index (χ1n) is 8.37. The number of imidazole rings is 1. The summed E-state index contributed by atoms with van der Waals surface area (Å²) in [6, 6.07) is 14.4. The SMILES string of the molecule is CCOc1ccc(-c2nc3sc(C)c(-c4cccs4)n3c2CC#N)cc1. The number of benzene rings is 1. The first-order chi connectivity index (χ1) is 12.7. The predicted molar refractivity (Wildman–Crippen MR) is 107 cm³/mol. The van der Waals surface area contributed by atoms with E-state index in [0.29, 0.717) is 13.0 Å². The van der Waals surface area contributed by atoms with E-state index in [9.17, 15) is 5.26 Å². The Labute approximate surface area is 159 Å². The molecule has 4 aromatic rings. The molecule has 26 heavy (non-hydrogen) atoms. The van der Waals surface area contributed by atoms with E-state index in [-0.39, 0.29) is 0 Å². The fourth-order valence-corrected chi connectivity index (χ4v) is 5.00. The zero-order valence-electron chi connectivity index (χ0n) is 14.5. The summed E-state index contributed by atoms with van der Waals surface area (Å²) in [6.07, 6.45) is 0.318. The van der Waals surface area contributed by atoms with Crippen LogP contribution in [0.2, 0.25) is 0 Å². The summed E-state index contributed by atoms with van der Waals surface area (Å²) < 4.78 is 7.68. The van der Waals surface area contributed by atoms with Crippen molar-refractivity contribution in [2.24, 2.45) is 0 Å². The van der Waals surface area contributed by atoms with Gasteiger partial charge in [-0.25, -0.2) is 4.98 Å². The summed E-state index contributed by atoms with van der Waals surface area (Å²) >= 11 is 3.38. The minimum atomic E-state index is 0.318. The van der Waals surface area contributed by atoms with Crippen LogP contribution in [0.25, 0.3) is 26.8 Å². The van der Waals surface area contributed by atoms with Crippen molar-refractivity contribution in [1.29, 1.82) is 5.26 Å².